The summed E-state index contributed by atoms with van der Waals surface area (Å²) < 4.78 is 31.6. The zero-order valence-electron chi connectivity index (χ0n) is 9.73. The van der Waals surface area contributed by atoms with Crippen molar-refractivity contribution in [1.82, 2.24) is 0 Å². The van der Waals surface area contributed by atoms with E-state index in [9.17, 15) is 8.42 Å². The van der Waals surface area contributed by atoms with Crippen LogP contribution < -0.4 is 10.5 Å². The molecule has 1 aromatic rings. The summed E-state index contributed by atoms with van der Waals surface area (Å²) in [6, 6.07) is 4.64. The highest BCUT2D eigenvalue weighted by atomic mass is 35.5. The summed E-state index contributed by atoms with van der Waals surface area (Å²) in [7, 11) is -3.45. The Morgan fingerprint density at radius 2 is 2.28 bits per heavy atom. The van der Waals surface area contributed by atoms with E-state index in [-0.39, 0.29) is 11.9 Å². The molecule has 0 aromatic heterocycles. The van der Waals surface area contributed by atoms with Crippen LogP contribution in [-0.2, 0) is 14.8 Å². The van der Waals surface area contributed by atoms with E-state index >= 15 is 0 Å². The predicted molar refractivity (Wildman–Crippen MR) is 72.2 cm³/mol. The maximum absolute atomic E-state index is 11.9. The van der Waals surface area contributed by atoms with Crippen LogP contribution in [0.25, 0.3) is 0 Å². The Morgan fingerprint density at radius 1 is 1.50 bits per heavy atom. The van der Waals surface area contributed by atoms with E-state index in [0.717, 1.165) is 12.8 Å². The summed E-state index contributed by atoms with van der Waals surface area (Å²) in [5.74, 6) is -0.0466. The fraction of sp³-hybridized carbons (Fsp3) is 0.455. The van der Waals surface area contributed by atoms with E-state index in [1.807, 2.05) is 0 Å². The van der Waals surface area contributed by atoms with Crippen molar-refractivity contribution < 1.29 is 13.2 Å². The van der Waals surface area contributed by atoms with Gasteiger partial charge in [0.1, 0.15) is 0 Å². The second kappa shape index (κ2) is 5.34. The SMILES string of the molecule is Nc1cc(Cl)ccc1NS(=O)(=O)CC1CCCO1. The van der Waals surface area contributed by atoms with Crippen molar-refractivity contribution in [2.75, 3.05) is 22.8 Å². The zero-order valence-corrected chi connectivity index (χ0v) is 11.3. The molecule has 1 heterocycles. The number of anilines is 2. The second-order valence-corrected chi connectivity index (χ2v) is 6.45. The highest BCUT2D eigenvalue weighted by Crippen LogP contribution is 2.24. The summed E-state index contributed by atoms with van der Waals surface area (Å²) in [4.78, 5) is 0. The molecule has 2 rings (SSSR count). The number of hydrogen-bond donors (Lipinski definition) is 2. The average Bonchev–Trinajstić information content (AvgIpc) is 2.74. The Bertz CT molecular complexity index is 527. The number of nitrogens with one attached hydrogen (secondary N) is 1. The molecule has 7 heteroatoms. The molecule has 18 heavy (non-hydrogen) atoms. The molecule has 1 fully saturated rings. The lowest BCUT2D eigenvalue weighted by atomic mass is 10.3. The number of nitrogens with two attached hydrogens (primary N) is 1. The normalized spacial score (nSPS) is 19.9. The average molecular weight is 291 g/mol. The Hall–Kier alpha value is -0.980. The van der Waals surface area contributed by atoms with Gasteiger partial charge in [-0.05, 0) is 31.0 Å². The van der Waals surface area contributed by atoms with E-state index in [1.54, 1.807) is 12.1 Å². The van der Waals surface area contributed by atoms with E-state index in [0.29, 0.717) is 23.0 Å². The Kier molecular flexibility index (Phi) is 3.99. The predicted octanol–water partition coefficient (Wildman–Crippen LogP) is 1.84. The van der Waals surface area contributed by atoms with Crippen molar-refractivity contribution in [3.63, 3.8) is 0 Å². The maximum atomic E-state index is 11.9. The summed E-state index contributed by atoms with van der Waals surface area (Å²) in [5.41, 5.74) is 6.34. The minimum absolute atomic E-state index is 0.0466. The quantitative estimate of drug-likeness (QED) is 0.829. The number of sulfonamides is 1. The molecular formula is C11H15ClN2O3S. The Labute approximate surface area is 111 Å². The van der Waals surface area contributed by atoms with Crippen LogP contribution in [0.2, 0.25) is 5.02 Å². The highest BCUT2D eigenvalue weighted by molar-refractivity contribution is 7.92. The van der Waals surface area contributed by atoms with Gasteiger partial charge in [0.2, 0.25) is 10.0 Å². The van der Waals surface area contributed by atoms with Crippen molar-refractivity contribution in [1.29, 1.82) is 0 Å². The monoisotopic (exact) mass is 290 g/mol. The molecule has 1 aromatic carbocycles. The van der Waals surface area contributed by atoms with Crippen LogP contribution >= 0.6 is 11.6 Å². The fourth-order valence-corrected chi connectivity index (χ4v) is 3.39. The molecule has 1 aliphatic heterocycles. The smallest absolute Gasteiger partial charge is 0.235 e. The number of benzene rings is 1. The van der Waals surface area contributed by atoms with Gasteiger partial charge in [0.05, 0.1) is 23.2 Å². The van der Waals surface area contributed by atoms with Gasteiger partial charge in [-0.3, -0.25) is 4.72 Å². The number of halogens is 1. The molecule has 0 spiro atoms. The van der Waals surface area contributed by atoms with Gasteiger partial charge >= 0.3 is 0 Å². The highest BCUT2D eigenvalue weighted by Gasteiger charge is 2.23. The molecule has 0 saturated carbocycles. The third-order valence-electron chi connectivity index (χ3n) is 2.71. The number of nitrogen functional groups attached to an aromatic ring is 1. The van der Waals surface area contributed by atoms with Gasteiger partial charge in [-0.2, -0.15) is 0 Å². The molecule has 0 radical (unpaired) electrons. The summed E-state index contributed by atoms with van der Waals surface area (Å²) >= 11 is 5.75. The standard InChI is InChI=1S/C11H15ClN2O3S/c12-8-3-4-11(10(13)6-8)14-18(15,16)7-9-2-1-5-17-9/h3-4,6,9,14H,1-2,5,7,13H2. The van der Waals surface area contributed by atoms with Gasteiger partial charge in [-0.25, -0.2) is 8.42 Å². The van der Waals surface area contributed by atoms with Crippen LogP contribution in [0.3, 0.4) is 0 Å². The molecule has 0 aliphatic carbocycles. The molecule has 100 valence electrons. The molecule has 1 unspecified atom stereocenters. The van der Waals surface area contributed by atoms with Gasteiger partial charge in [0.25, 0.3) is 0 Å². The van der Waals surface area contributed by atoms with Crippen molar-refractivity contribution in [3.05, 3.63) is 23.2 Å². The lowest BCUT2D eigenvalue weighted by molar-refractivity contribution is 0.127. The first-order valence-electron chi connectivity index (χ1n) is 5.63. The van der Waals surface area contributed by atoms with Crippen molar-refractivity contribution in [2.45, 2.75) is 18.9 Å². The second-order valence-electron chi connectivity index (χ2n) is 4.25. The summed E-state index contributed by atoms with van der Waals surface area (Å²) in [6.07, 6.45) is 1.45. The largest absolute Gasteiger partial charge is 0.397 e. The number of ether oxygens (including phenoxy) is 1. The molecule has 0 amide bonds. The van der Waals surface area contributed by atoms with Gasteiger partial charge in [0, 0.05) is 11.6 Å². The maximum Gasteiger partial charge on any atom is 0.235 e. The van der Waals surface area contributed by atoms with Crippen LogP contribution in [0.5, 0.6) is 0 Å². The van der Waals surface area contributed by atoms with Crippen LogP contribution in [-0.4, -0.2) is 26.9 Å². The van der Waals surface area contributed by atoms with Crippen LogP contribution in [0.15, 0.2) is 18.2 Å². The Morgan fingerprint density at radius 3 is 2.89 bits per heavy atom. The summed E-state index contributed by atoms with van der Waals surface area (Å²) in [5, 5.41) is 0.467. The molecular weight excluding hydrogens is 276 g/mol. The molecule has 3 N–H and O–H groups in total. The molecule has 1 aliphatic rings. The summed E-state index contributed by atoms with van der Waals surface area (Å²) in [6.45, 7) is 0.628. The number of rotatable bonds is 4. The van der Waals surface area contributed by atoms with E-state index in [1.165, 1.54) is 6.07 Å². The van der Waals surface area contributed by atoms with Crippen LogP contribution in [0.1, 0.15) is 12.8 Å². The zero-order chi connectivity index (χ0) is 13.2. The number of hydrogen-bond acceptors (Lipinski definition) is 4. The molecule has 1 atom stereocenters. The minimum Gasteiger partial charge on any atom is -0.397 e. The lowest BCUT2D eigenvalue weighted by Gasteiger charge is -2.13. The van der Waals surface area contributed by atoms with Gasteiger partial charge in [0.15, 0.2) is 0 Å². The third-order valence-corrected chi connectivity index (χ3v) is 4.29. The van der Waals surface area contributed by atoms with Crippen LogP contribution in [0.4, 0.5) is 11.4 Å². The van der Waals surface area contributed by atoms with E-state index in [2.05, 4.69) is 4.72 Å². The van der Waals surface area contributed by atoms with Gasteiger partial charge < -0.3 is 10.5 Å². The van der Waals surface area contributed by atoms with Crippen molar-refractivity contribution >= 4 is 33.0 Å². The fourth-order valence-electron chi connectivity index (χ4n) is 1.86. The first-order chi connectivity index (χ1) is 8.46. The molecule has 0 bridgehead atoms. The topological polar surface area (TPSA) is 81.4 Å². The molecule has 5 nitrogen and oxygen atoms in total. The van der Waals surface area contributed by atoms with E-state index in [4.69, 9.17) is 22.1 Å². The van der Waals surface area contributed by atoms with Crippen LogP contribution in [0, 0.1) is 0 Å². The third kappa shape index (κ3) is 3.51. The first kappa shape index (κ1) is 13.5. The lowest BCUT2D eigenvalue weighted by Crippen LogP contribution is -2.26. The van der Waals surface area contributed by atoms with Crippen molar-refractivity contribution in [3.8, 4) is 0 Å². The van der Waals surface area contributed by atoms with Crippen molar-refractivity contribution in [2.24, 2.45) is 0 Å². The van der Waals surface area contributed by atoms with Gasteiger partial charge in [-0.1, -0.05) is 11.6 Å². The minimum atomic E-state index is -3.45. The first-order valence-corrected chi connectivity index (χ1v) is 7.66. The van der Waals surface area contributed by atoms with Gasteiger partial charge in [-0.15, -0.1) is 0 Å². The molecule has 1 saturated heterocycles. The van der Waals surface area contributed by atoms with E-state index < -0.39 is 10.0 Å². The Balaban J connectivity index is 2.07.